The SMILES string of the molecule is O=C(Cn1cccnc1=O)NCCNc1ncc(C(F)(F)F)cc1Cl. The van der Waals surface area contributed by atoms with Crippen molar-refractivity contribution < 1.29 is 18.0 Å². The van der Waals surface area contributed by atoms with Gasteiger partial charge >= 0.3 is 11.9 Å². The van der Waals surface area contributed by atoms with Crippen LogP contribution in [0.25, 0.3) is 0 Å². The van der Waals surface area contributed by atoms with E-state index in [2.05, 4.69) is 20.6 Å². The van der Waals surface area contributed by atoms with E-state index in [0.717, 1.165) is 10.6 Å². The Kier molecular flexibility index (Phi) is 5.97. The van der Waals surface area contributed by atoms with Crippen LogP contribution in [0.15, 0.2) is 35.5 Å². The molecule has 0 aromatic carbocycles. The summed E-state index contributed by atoms with van der Waals surface area (Å²) >= 11 is 5.74. The molecule has 0 aliphatic carbocycles. The second-order valence-electron chi connectivity index (χ2n) is 4.86. The Labute approximate surface area is 144 Å². The highest BCUT2D eigenvalue weighted by Crippen LogP contribution is 2.32. The molecule has 0 bridgehead atoms. The molecule has 0 radical (unpaired) electrons. The van der Waals surface area contributed by atoms with Crippen molar-refractivity contribution in [1.29, 1.82) is 0 Å². The molecule has 11 heteroatoms. The summed E-state index contributed by atoms with van der Waals surface area (Å²) in [5.41, 5.74) is -1.49. The van der Waals surface area contributed by atoms with Gasteiger partial charge in [-0.3, -0.25) is 9.36 Å². The number of pyridine rings is 1. The van der Waals surface area contributed by atoms with Gasteiger partial charge in [-0.25, -0.2) is 14.8 Å². The van der Waals surface area contributed by atoms with E-state index in [-0.39, 0.29) is 30.5 Å². The summed E-state index contributed by atoms with van der Waals surface area (Å²) in [5.74, 6) is -0.337. The highest BCUT2D eigenvalue weighted by molar-refractivity contribution is 6.32. The number of anilines is 1. The summed E-state index contributed by atoms with van der Waals surface area (Å²) in [4.78, 5) is 30.2. The van der Waals surface area contributed by atoms with E-state index in [0.29, 0.717) is 6.20 Å². The predicted molar refractivity (Wildman–Crippen MR) is 84.2 cm³/mol. The zero-order valence-electron chi connectivity index (χ0n) is 12.7. The maximum Gasteiger partial charge on any atom is 0.417 e. The van der Waals surface area contributed by atoms with Gasteiger partial charge in [0.05, 0.1) is 10.6 Å². The van der Waals surface area contributed by atoms with Gasteiger partial charge in [-0.15, -0.1) is 0 Å². The minimum absolute atomic E-state index is 0.0763. The smallest absolute Gasteiger partial charge is 0.367 e. The third kappa shape index (κ3) is 5.45. The summed E-state index contributed by atoms with van der Waals surface area (Å²) < 4.78 is 38.7. The lowest BCUT2D eigenvalue weighted by atomic mass is 10.3. The van der Waals surface area contributed by atoms with Crippen LogP contribution in [0.2, 0.25) is 5.02 Å². The number of halogens is 4. The number of alkyl halides is 3. The lowest BCUT2D eigenvalue weighted by Crippen LogP contribution is -2.35. The van der Waals surface area contributed by atoms with Gasteiger partial charge in [0.25, 0.3) is 0 Å². The normalized spacial score (nSPS) is 11.2. The first-order chi connectivity index (χ1) is 11.8. The zero-order valence-corrected chi connectivity index (χ0v) is 13.4. The van der Waals surface area contributed by atoms with Crippen molar-refractivity contribution >= 4 is 23.3 Å². The van der Waals surface area contributed by atoms with Crippen LogP contribution in [0.5, 0.6) is 0 Å². The van der Waals surface area contributed by atoms with Gasteiger partial charge in [-0.2, -0.15) is 13.2 Å². The number of carbonyl (C=O) groups excluding carboxylic acids is 1. The fraction of sp³-hybridized carbons (Fsp3) is 0.286. The molecular formula is C14H13ClF3N5O2. The van der Waals surface area contributed by atoms with Crippen molar-refractivity contribution in [1.82, 2.24) is 19.9 Å². The molecule has 0 atom stereocenters. The first-order valence-electron chi connectivity index (χ1n) is 7.02. The molecule has 2 aromatic rings. The van der Waals surface area contributed by atoms with Crippen LogP contribution in [0.3, 0.4) is 0 Å². The first kappa shape index (κ1) is 18.7. The second-order valence-corrected chi connectivity index (χ2v) is 5.27. The Balaban J connectivity index is 1.80. The fourth-order valence-electron chi connectivity index (χ4n) is 1.82. The Morgan fingerprint density at radius 1 is 1.28 bits per heavy atom. The van der Waals surface area contributed by atoms with Gasteiger partial charge in [0.15, 0.2) is 0 Å². The number of nitrogens with zero attached hydrogens (tertiary/aromatic N) is 3. The summed E-state index contributed by atoms with van der Waals surface area (Å²) in [6.45, 7) is 0.157. The van der Waals surface area contributed by atoms with Crippen molar-refractivity contribution in [3.05, 3.63) is 51.8 Å². The number of aromatic nitrogens is 3. The van der Waals surface area contributed by atoms with Crippen LogP contribution < -0.4 is 16.3 Å². The monoisotopic (exact) mass is 375 g/mol. The second kappa shape index (κ2) is 7.97. The van der Waals surface area contributed by atoms with E-state index in [1.165, 1.54) is 18.5 Å². The number of carbonyl (C=O) groups is 1. The van der Waals surface area contributed by atoms with E-state index in [4.69, 9.17) is 11.6 Å². The van der Waals surface area contributed by atoms with Crippen LogP contribution >= 0.6 is 11.6 Å². The summed E-state index contributed by atoms with van der Waals surface area (Å²) in [5, 5.41) is 5.08. The van der Waals surface area contributed by atoms with Gasteiger partial charge < -0.3 is 10.6 Å². The van der Waals surface area contributed by atoms with Crippen molar-refractivity contribution in [2.45, 2.75) is 12.7 Å². The van der Waals surface area contributed by atoms with Crippen LogP contribution in [-0.4, -0.2) is 33.5 Å². The van der Waals surface area contributed by atoms with E-state index >= 15 is 0 Å². The molecule has 0 saturated heterocycles. The molecule has 2 heterocycles. The van der Waals surface area contributed by atoms with Gasteiger partial charge in [0, 0.05) is 31.7 Å². The van der Waals surface area contributed by atoms with Crippen molar-refractivity contribution in [2.24, 2.45) is 0 Å². The molecule has 7 nitrogen and oxygen atoms in total. The Morgan fingerprint density at radius 2 is 2.04 bits per heavy atom. The lowest BCUT2D eigenvalue weighted by Gasteiger charge is -2.11. The van der Waals surface area contributed by atoms with Gasteiger partial charge in [0.2, 0.25) is 5.91 Å². The van der Waals surface area contributed by atoms with Crippen LogP contribution in [-0.2, 0) is 17.5 Å². The minimum atomic E-state index is -4.52. The summed E-state index contributed by atoms with van der Waals surface area (Å²) in [6.07, 6.45) is -1.10. The Morgan fingerprint density at radius 3 is 2.68 bits per heavy atom. The van der Waals surface area contributed by atoms with Crippen molar-refractivity contribution in [2.75, 3.05) is 18.4 Å². The van der Waals surface area contributed by atoms with Crippen LogP contribution in [0.4, 0.5) is 19.0 Å². The molecule has 2 aromatic heterocycles. The topological polar surface area (TPSA) is 88.9 Å². The van der Waals surface area contributed by atoms with E-state index in [1.807, 2.05) is 0 Å². The van der Waals surface area contributed by atoms with Crippen molar-refractivity contribution in [3.8, 4) is 0 Å². The quantitative estimate of drug-likeness (QED) is 0.748. The molecule has 25 heavy (non-hydrogen) atoms. The Bertz CT molecular complexity index is 810. The maximum atomic E-state index is 12.5. The molecule has 0 aliphatic heterocycles. The molecule has 2 rings (SSSR count). The van der Waals surface area contributed by atoms with Gasteiger partial charge in [-0.05, 0) is 12.1 Å². The molecule has 134 valence electrons. The highest BCUT2D eigenvalue weighted by Gasteiger charge is 2.31. The fourth-order valence-corrected chi connectivity index (χ4v) is 2.06. The number of hydrogen-bond acceptors (Lipinski definition) is 5. The standard InChI is InChI=1S/C14H13ClF3N5O2/c15-10-6-9(14(16,17)18)7-22-12(10)20-4-3-19-11(24)8-23-5-1-2-21-13(23)25/h1-2,5-7H,3-4,8H2,(H,19,24)(H,20,22). The molecule has 0 saturated carbocycles. The van der Waals surface area contributed by atoms with Gasteiger partial charge in [0.1, 0.15) is 12.4 Å². The predicted octanol–water partition coefficient (Wildman–Crippen LogP) is 1.54. The summed E-state index contributed by atoms with van der Waals surface area (Å²) in [7, 11) is 0. The highest BCUT2D eigenvalue weighted by atomic mass is 35.5. The maximum absolute atomic E-state index is 12.5. The number of amides is 1. The number of rotatable bonds is 6. The van der Waals surface area contributed by atoms with Crippen LogP contribution in [0.1, 0.15) is 5.56 Å². The summed E-state index contributed by atoms with van der Waals surface area (Å²) in [6, 6.07) is 2.29. The largest absolute Gasteiger partial charge is 0.417 e. The Hall–Kier alpha value is -2.62. The lowest BCUT2D eigenvalue weighted by molar-refractivity contribution is -0.137. The zero-order chi connectivity index (χ0) is 18.4. The molecular weight excluding hydrogens is 363 g/mol. The third-order valence-corrected chi connectivity index (χ3v) is 3.29. The average Bonchev–Trinajstić information content (AvgIpc) is 2.54. The first-order valence-corrected chi connectivity index (χ1v) is 7.40. The molecule has 1 amide bonds. The average molecular weight is 376 g/mol. The van der Waals surface area contributed by atoms with E-state index in [1.54, 1.807) is 0 Å². The number of hydrogen-bond donors (Lipinski definition) is 2. The molecule has 0 fully saturated rings. The van der Waals surface area contributed by atoms with Gasteiger partial charge in [-0.1, -0.05) is 11.6 Å². The molecule has 2 N–H and O–H groups in total. The number of nitrogens with one attached hydrogen (secondary N) is 2. The van der Waals surface area contributed by atoms with Crippen LogP contribution in [0, 0.1) is 0 Å². The van der Waals surface area contributed by atoms with E-state index < -0.39 is 23.3 Å². The molecule has 0 unspecified atom stereocenters. The molecule has 0 aliphatic rings. The van der Waals surface area contributed by atoms with E-state index in [9.17, 15) is 22.8 Å². The molecule has 0 spiro atoms. The minimum Gasteiger partial charge on any atom is -0.367 e. The third-order valence-electron chi connectivity index (χ3n) is 3.00. The van der Waals surface area contributed by atoms with Crippen molar-refractivity contribution in [3.63, 3.8) is 0 Å².